The minimum Gasteiger partial charge on any atom is -0.332 e. The van der Waals surface area contributed by atoms with Crippen molar-refractivity contribution in [1.29, 1.82) is 0 Å². The third-order valence-electron chi connectivity index (χ3n) is 3.72. The van der Waals surface area contributed by atoms with Gasteiger partial charge in [-0.3, -0.25) is 9.59 Å². The van der Waals surface area contributed by atoms with Crippen molar-refractivity contribution in [2.75, 3.05) is 19.6 Å². The van der Waals surface area contributed by atoms with E-state index in [4.69, 9.17) is 0 Å². The van der Waals surface area contributed by atoms with Crippen molar-refractivity contribution < 1.29 is 9.59 Å². The van der Waals surface area contributed by atoms with E-state index in [1.54, 1.807) is 9.80 Å². The van der Waals surface area contributed by atoms with Crippen LogP contribution in [-0.2, 0) is 9.59 Å². The van der Waals surface area contributed by atoms with Crippen LogP contribution in [0.2, 0.25) is 0 Å². The summed E-state index contributed by atoms with van der Waals surface area (Å²) in [5.74, 6) is 0.880. The first-order chi connectivity index (χ1) is 8.09. The first-order valence-corrected chi connectivity index (χ1v) is 6.68. The smallest absolute Gasteiger partial charge is 0.245 e. The van der Waals surface area contributed by atoms with E-state index in [2.05, 4.69) is 13.8 Å². The van der Waals surface area contributed by atoms with E-state index in [0.717, 1.165) is 38.8 Å². The summed E-state index contributed by atoms with van der Waals surface area (Å²) >= 11 is 0. The van der Waals surface area contributed by atoms with Crippen molar-refractivity contribution in [2.24, 2.45) is 5.92 Å². The third-order valence-corrected chi connectivity index (χ3v) is 3.72. The molecule has 96 valence electrons. The average Bonchev–Trinajstić information content (AvgIpc) is 2.32. The van der Waals surface area contributed by atoms with Gasteiger partial charge in [-0.15, -0.1) is 0 Å². The van der Waals surface area contributed by atoms with Gasteiger partial charge < -0.3 is 9.80 Å². The molecule has 2 fully saturated rings. The zero-order valence-electron chi connectivity index (χ0n) is 10.8. The molecule has 1 unspecified atom stereocenters. The van der Waals surface area contributed by atoms with E-state index in [-0.39, 0.29) is 17.9 Å². The molecular formula is C13H22N2O2. The Morgan fingerprint density at radius 1 is 1.29 bits per heavy atom. The van der Waals surface area contributed by atoms with Gasteiger partial charge in [0.1, 0.15) is 6.04 Å². The highest BCUT2D eigenvalue weighted by molar-refractivity contribution is 5.95. The van der Waals surface area contributed by atoms with Gasteiger partial charge in [-0.05, 0) is 31.6 Å². The third kappa shape index (κ3) is 2.61. The standard InChI is InChI=1S/C13H22N2O2/c1-10(2)6-8-14-9-12(16)15-7-4-3-5-11(15)13(14)17/h10-11H,3-9H2,1-2H3. The fourth-order valence-corrected chi connectivity index (χ4v) is 2.63. The molecule has 0 aromatic rings. The molecule has 0 saturated carbocycles. The molecule has 0 radical (unpaired) electrons. The van der Waals surface area contributed by atoms with Crippen LogP contribution in [0.4, 0.5) is 0 Å². The molecule has 2 saturated heterocycles. The Morgan fingerprint density at radius 2 is 2.06 bits per heavy atom. The quantitative estimate of drug-likeness (QED) is 0.742. The van der Waals surface area contributed by atoms with E-state index in [1.165, 1.54) is 0 Å². The molecule has 2 aliphatic heterocycles. The minimum absolute atomic E-state index is 0.137. The fourth-order valence-electron chi connectivity index (χ4n) is 2.63. The molecular weight excluding hydrogens is 216 g/mol. The van der Waals surface area contributed by atoms with Crippen LogP contribution >= 0.6 is 0 Å². The maximum absolute atomic E-state index is 12.2. The summed E-state index contributed by atoms with van der Waals surface area (Å²) in [7, 11) is 0. The lowest BCUT2D eigenvalue weighted by Gasteiger charge is -2.42. The van der Waals surface area contributed by atoms with Gasteiger partial charge >= 0.3 is 0 Å². The lowest BCUT2D eigenvalue weighted by atomic mass is 9.98. The van der Waals surface area contributed by atoms with E-state index in [1.807, 2.05) is 0 Å². The predicted molar refractivity (Wildman–Crippen MR) is 65.4 cm³/mol. The van der Waals surface area contributed by atoms with Gasteiger partial charge in [0.25, 0.3) is 0 Å². The second kappa shape index (κ2) is 5.07. The van der Waals surface area contributed by atoms with Gasteiger partial charge in [-0.2, -0.15) is 0 Å². The number of hydrogen-bond acceptors (Lipinski definition) is 2. The fraction of sp³-hybridized carbons (Fsp3) is 0.846. The first-order valence-electron chi connectivity index (χ1n) is 6.68. The van der Waals surface area contributed by atoms with Crippen LogP contribution in [0.1, 0.15) is 39.5 Å². The molecule has 0 aromatic carbocycles. The number of piperidine rings is 1. The molecule has 4 nitrogen and oxygen atoms in total. The monoisotopic (exact) mass is 238 g/mol. The van der Waals surface area contributed by atoms with E-state index in [9.17, 15) is 9.59 Å². The lowest BCUT2D eigenvalue weighted by molar-refractivity contribution is -0.157. The van der Waals surface area contributed by atoms with Crippen LogP contribution in [0.25, 0.3) is 0 Å². The average molecular weight is 238 g/mol. The molecule has 2 aliphatic rings. The van der Waals surface area contributed by atoms with Crippen LogP contribution in [0, 0.1) is 5.92 Å². The Kier molecular flexibility index (Phi) is 3.69. The summed E-state index contributed by atoms with van der Waals surface area (Å²) in [5, 5.41) is 0. The number of carbonyl (C=O) groups excluding carboxylic acids is 2. The van der Waals surface area contributed by atoms with Crippen LogP contribution in [0.3, 0.4) is 0 Å². The SMILES string of the molecule is CC(C)CCN1CC(=O)N2CCCCC2C1=O. The van der Waals surface area contributed by atoms with Crippen molar-refractivity contribution in [3.05, 3.63) is 0 Å². The summed E-state index contributed by atoms with van der Waals surface area (Å²) in [5.41, 5.74) is 0. The molecule has 0 spiro atoms. The summed E-state index contributed by atoms with van der Waals surface area (Å²) in [6.45, 7) is 6.08. The van der Waals surface area contributed by atoms with Gasteiger partial charge in [0.2, 0.25) is 11.8 Å². The van der Waals surface area contributed by atoms with Crippen LogP contribution in [0.15, 0.2) is 0 Å². The molecule has 1 atom stereocenters. The highest BCUT2D eigenvalue weighted by atomic mass is 16.2. The number of carbonyl (C=O) groups is 2. The predicted octanol–water partition coefficient (Wildman–Crippen LogP) is 1.26. The van der Waals surface area contributed by atoms with Crippen molar-refractivity contribution >= 4 is 11.8 Å². The van der Waals surface area contributed by atoms with Gasteiger partial charge in [0, 0.05) is 13.1 Å². The van der Waals surface area contributed by atoms with Gasteiger partial charge in [0.15, 0.2) is 0 Å². The largest absolute Gasteiger partial charge is 0.332 e. The number of rotatable bonds is 3. The zero-order chi connectivity index (χ0) is 12.4. The Morgan fingerprint density at radius 3 is 2.76 bits per heavy atom. The lowest BCUT2D eigenvalue weighted by Crippen LogP contribution is -2.61. The van der Waals surface area contributed by atoms with Gasteiger partial charge in [0.05, 0.1) is 6.54 Å². The zero-order valence-corrected chi connectivity index (χ0v) is 10.8. The Labute approximate surface area is 103 Å². The molecule has 0 N–H and O–H groups in total. The van der Waals surface area contributed by atoms with E-state index < -0.39 is 0 Å². The maximum Gasteiger partial charge on any atom is 0.245 e. The molecule has 0 aliphatic carbocycles. The highest BCUT2D eigenvalue weighted by Gasteiger charge is 2.39. The number of piperazine rings is 1. The number of hydrogen-bond donors (Lipinski definition) is 0. The Bertz CT molecular complexity index is 315. The molecule has 4 heteroatoms. The van der Waals surface area contributed by atoms with Crippen molar-refractivity contribution in [2.45, 2.75) is 45.6 Å². The summed E-state index contributed by atoms with van der Waals surface area (Å²) < 4.78 is 0. The molecule has 17 heavy (non-hydrogen) atoms. The van der Waals surface area contributed by atoms with Gasteiger partial charge in [-0.1, -0.05) is 13.8 Å². The summed E-state index contributed by atoms with van der Waals surface area (Å²) in [4.78, 5) is 27.8. The van der Waals surface area contributed by atoms with Crippen LogP contribution < -0.4 is 0 Å². The van der Waals surface area contributed by atoms with Crippen molar-refractivity contribution in [3.63, 3.8) is 0 Å². The topological polar surface area (TPSA) is 40.6 Å². The number of amides is 2. The summed E-state index contributed by atoms with van der Waals surface area (Å²) in [6.07, 6.45) is 3.94. The second-order valence-electron chi connectivity index (χ2n) is 5.54. The van der Waals surface area contributed by atoms with Gasteiger partial charge in [-0.25, -0.2) is 0 Å². The molecule has 0 aromatic heterocycles. The normalized spacial score (nSPS) is 25.5. The summed E-state index contributed by atoms with van der Waals surface area (Å²) in [6, 6.07) is -0.155. The highest BCUT2D eigenvalue weighted by Crippen LogP contribution is 2.23. The van der Waals surface area contributed by atoms with E-state index in [0.29, 0.717) is 12.5 Å². The van der Waals surface area contributed by atoms with Crippen molar-refractivity contribution in [3.8, 4) is 0 Å². The van der Waals surface area contributed by atoms with E-state index >= 15 is 0 Å². The number of nitrogens with zero attached hydrogens (tertiary/aromatic N) is 2. The Hall–Kier alpha value is -1.06. The van der Waals surface area contributed by atoms with Crippen molar-refractivity contribution in [1.82, 2.24) is 9.80 Å². The second-order valence-corrected chi connectivity index (χ2v) is 5.54. The molecule has 2 heterocycles. The molecule has 2 rings (SSSR count). The first kappa shape index (κ1) is 12.4. The number of fused-ring (bicyclic) bond motifs is 1. The minimum atomic E-state index is -0.155. The Balaban J connectivity index is 2.01. The maximum atomic E-state index is 12.2. The van der Waals surface area contributed by atoms with Crippen LogP contribution in [0.5, 0.6) is 0 Å². The van der Waals surface area contributed by atoms with Crippen LogP contribution in [-0.4, -0.2) is 47.3 Å². The molecule has 0 bridgehead atoms. The molecule has 2 amide bonds.